The Labute approximate surface area is 86.4 Å². The van der Waals surface area contributed by atoms with Crippen LogP contribution in [0.2, 0.25) is 0 Å². The van der Waals surface area contributed by atoms with E-state index in [9.17, 15) is 5.11 Å². The quantitative estimate of drug-likeness (QED) is 0.618. The molecule has 0 amide bonds. The molecule has 1 aliphatic rings. The predicted molar refractivity (Wildman–Crippen MR) is 49.6 cm³/mol. The van der Waals surface area contributed by atoms with Gasteiger partial charge in [0.25, 0.3) is 0 Å². The van der Waals surface area contributed by atoms with E-state index >= 15 is 0 Å². The summed E-state index contributed by atoms with van der Waals surface area (Å²) in [6.07, 6.45) is 0.885. The molecule has 15 heavy (non-hydrogen) atoms. The van der Waals surface area contributed by atoms with E-state index in [1.54, 1.807) is 4.57 Å². The number of aliphatic hydroxyl groups is 1. The molecule has 0 saturated carbocycles. The number of aliphatic hydroxyl groups excluding tert-OH is 1. The molecule has 1 aliphatic heterocycles. The Morgan fingerprint density at radius 1 is 1.47 bits per heavy atom. The van der Waals surface area contributed by atoms with Gasteiger partial charge in [-0.2, -0.15) is 10.5 Å². The Kier molecular flexibility index (Phi) is 2.38. The Balaban J connectivity index is 2.41. The van der Waals surface area contributed by atoms with E-state index in [1.807, 2.05) is 12.1 Å². The highest BCUT2D eigenvalue weighted by Crippen LogP contribution is 2.19. The number of aromatic nitrogens is 2. The molecule has 1 fully saturated rings. The molecule has 2 heterocycles. The number of β-amino-alcohol motifs (C(OH)–C–C–N with tert-alkyl or cyclic N) is 1. The average Bonchev–Trinajstić information content (AvgIpc) is 2.82. The topological polar surface area (TPSA) is 97.7 Å². The van der Waals surface area contributed by atoms with Gasteiger partial charge < -0.3 is 15.0 Å². The minimum absolute atomic E-state index is 0.108. The SMILES string of the molecule is N#Cc1ncn(C2CNCC2O)c1C#N. The van der Waals surface area contributed by atoms with Crippen molar-refractivity contribution in [2.45, 2.75) is 12.1 Å². The molecule has 0 aliphatic carbocycles. The second kappa shape index (κ2) is 3.70. The van der Waals surface area contributed by atoms with Crippen LogP contribution in [0.4, 0.5) is 0 Å². The number of nitrogens with zero attached hydrogens (tertiary/aromatic N) is 4. The number of nitrogens with one attached hydrogen (secondary N) is 1. The third kappa shape index (κ3) is 1.46. The van der Waals surface area contributed by atoms with E-state index < -0.39 is 6.10 Å². The van der Waals surface area contributed by atoms with Crippen molar-refractivity contribution in [1.82, 2.24) is 14.9 Å². The summed E-state index contributed by atoms with van der Waals surface area (Å²) in [6.45, 7) is 1.08. The summed E-state index contributed by atoms with van der Waals surface area (Å²) in [7, 11) is 0. The van der Waals surface area contributed by atoms with E-state index in [1.165, 1.54) is 6.33 Å². The lowest BCUT2D eigenvalue weighted by molar-refractivity contribution is 0.150. The van der Waals surface area contributed by atoms with E-state index in [4.69, 9.17) is 10.5 Å². The van der Waals surface area contributed by atoms with Gasteiger partial charge in [-0.05, 0) is 0 Å². The monoisotopic (exact) mass is 203 g/mol. The molecule has 76 valence electrons. The van der Waals surface area contributed by atoms with Crippen LogP contribution in [0.5, 0.6) is 0 Å². The second-order valence-corrected chi connectivity index (χ2v) is 3.37. The summed E-state index contributed by atoms with van der Waals surface area (Å²) >= 11 is 0. The lowest BCUT2D eigenvalue weighted by Gasteiger charge is -2.15. The zero-order valence-corrected chi connectivity index (χ0v) is 7.88. The van der Waals surface area contributed by atoms with E-state index in [0.29, 0.717) is 13.1 Å². The molecule has 0 spiro atoms. The van der Waals surface area contributed by atoms with Crippen LogP contribution in [0.3, 0.4) is 0 Å². The molecule has 2 atom stereocenters. The van der Waals surface area contributed by atoms with Gasteiger partial charge in [0.1, 0.15) is 12.1 Å². The zero-order chi connectivity index (χ0) is 10.8. The number of imidazole rings is 1. The summed E-state index contributed by atoms with van der Waals surface area (Å²) in [5.74, 6) is 0. The standard InChI is InChI=1S/C9H9N5O/c10-1-6-7(2-11)14(5-13-6)8-3-12-4-9(8)15/h5,8-9,12,15H,3-4H2. The highest BCUT2D eigenvalue weighted by molar-refractivity contribution is 5.36. The fourth-order valence-corrected chi connectivity index (χ4v) is 1.74. The van der Waals surface area contributed by atoms with Crippen molar-refractivity contribution in [2.24, 2.45) is 0 Å². The van der Waals surface area contributed by atoms with Gasteiger partial charge in [0.2, 0.25) is 0 Å². The van der Waals surface area contributed by atoms with Crippen LogP contribution in [-0.4, -0.2) is 33.9 Å². The minimum Gasteiger partial charge on any atom is -0.390 e. The van der Waals surface area contributed by atoms with Crippen LogP contribution >= 0.6 is 0 Å². The summed E-state index contributed by atoms with van der Waals surface area (Å²) in [6, 6.07) is 3.57. The third-order valence-corrected chi connectivity index (χ3v) is 2.51. The van der Waals surface area contributed by atoms with Crippen LogP contribution in [0.1, 0.15) is 17.4 Å². The van der Waals surface area contributed by atoms with Crippen molar-refractivity contribution in [1.29, 1.82) is 10.5 Å². The molecule has 0 aromatic carbocycles. The molecule has 1 saturated heterocycles. The molecule has 2 N–H and O–H groups in total. The van der Waals surface area contributed by atoms with Crippen molar-refractivity contribution in [2.75, 3.05) is 13.1 Å². The van der Waals surface area contributed by atoms with Gasteiger partial charge >= 0.3 is 0 Å². The van der Waals surface area contributed by atoms with Crippen LogP contribution in [-0.2, 0) is 0 Å². The first-order chi connectivity index (χ1) is 7.27. The number of nitriles is 2. The molecule has 6 nitrogen and oxygen atoms in total. The molecule has 0 radical (unpaired) electrons. The normalized spacial score (nSPS) is 24.7. The van der Waals surface area contributed by atoms with Gasteiger partial charge in [-0.15, -0.1) is 0 Å². The van der Waals surface area contributed by atoms with Crippen LogP contribution in [0.15, 0.2) is 6.33 Å². The lowest BCUT2D eigenvalue weighted by Crippen LogP contribution is -2.22. The van der Waals surface area contributed by atoms with Crippen molar-refractivity contribution in [3.63, 3.8) is 0 Å². The Morgan fingerprint density at radius 2 is 2.27 bits per heavy atom. The molecule has 2 unspecified atom stereocenters. The van der Waals surface area contributed by atoms with Crippen LogP contribution in [0.25, 0.3) is 0 Å². The highest BCUT2D eigenvalue weighted by atomic mass is 16.3. The molecule has 0 bridgehead atoms. The molecular weight excluding hydrogens is 194 g/mol. The predicted octanol–water partition coefficient (Wildman–Crippen LogP) is -0.868. The number of hydrogen-bond acceptors (Lipinski definition) is 5. The zero-order valence-electron chi connectivity index (χ0n) is 7.88. The lowest BCUT2D eigenvalue weighted by atomic mass is 10.2. The van der Waals surface area contributed by atoms with Crippen molar-refractivity contribution in [3.8, 4) is 12.1 Å². The first-order valence-corrected chi connectivity index (χ1v) is 4.53. The fraction of sp³-hybridized carbons (Fsp3) is 0.444. The van der Waals surface area contributed by atoms with Gasteiger partial charge in [-0.3, -0.25) is 0 Å². The van der Waals surface area contributed by atoms with Gasteiger partial charge in [-0.25, -0.2) is 4.98 Å². The minimum atomic E-state index is -0.544. The van der Waals surface area contributed by atoms with E-state index in [2.05, 4.69) is 10.3 Å². The maximum absolute atomic E-state index is 9.64. The van der Waals surface area contributed by atoms with Gasteiger partial charge in [0.15, 0.2) is 11.4 Å². The fourth-order valence-electron chi connectivity index (χ4n) is 1.74. The Morgan fingerprint density at radius 3 is 2.80 bits per heavy atom. The Hall–Kier alpha value is -1.89. The van der Waals surface area contributed by atoms with Crippen molar-refractivity contribution >= 4 is 0 Å². The van der Waals surface area contributed by atoms with Gasteiger partial charge in [-0.1, -0.05) is 0 Å². The van der Waals surface area contributed by atoms with E-state index in [-0.39, 0.29) is 17.4 Å². The molecule has 2 rings (SSSR count). The Bertz CT molecular complexity index is 452. The maximum Gasteiger partial charge on any atom is 0.176 e. The molecule has 1 aromatic rings. The maximum atomic E-state index is 9.64. The molecular formula is C9H9N5O. The average molecular weight is 203 g/mol. The first-order valence-electron chi connectivity index (χ1n) is 4.53. The van der Waals surface area contributed by atoms with E-state index in [0.717, 1.165) is 0 Å². The largest absolute Gasteiger partial charge is 0.390 e. The summed E-state index contributed by atoms with van der Waals surface area (Å²) in [4.78, 5) is 3.82. The third-order valence-electron chi connectivity index (χ3n) is 2.51. The van der Waals surface area contributed by atoms with Crippen LogP contribution in [0, 0.1) is 22.7 Å². The smallest absolute Gasteiger partial charge is 0.176 e. The van der Waals surface area contributed by atoms with Crippen molar-refractivity contribution in [3.05, 3.63) is 17.7 Å². The van der Waals surface area contributed by atoms with Crippen LogP contribution < -0.4 is 5.32 Å². The molecule has 1 aromatic heterocycles. The first kappa shape index (κ1) is 9.66. The highest BCUT2D eigenvalue weighted by Gasteiger charge is 2.29. The van der Waals surface area contributed by atoms with Crippen molar-refractivity contribution < 1.29 is 5.11 Å². The van der Waals surface area contributed by atoms with Gasteiger partial charge in [0.05, 0.1) is 18.5 Å². The summed E-state index contributed by atoms with van der Waals surface area (Å²) in [5.41, 5.74) is 0.321. The number of hydrogen-bond donors (Lipinski definition) is 2. The summed E-state index contributed by atoms with van der Waals surface area (Å²) < 4.78 is 1.56. The summed E-state index contributed by atoms with van der Waals surface area (Å²) in [5, 5.41) is 30.3. The molecule has 6 heteroatoms. The second-order valence-electron chi connectivity index (χ2n) is 3.37. The number of rotatable bonds is 1. The van der Waals surface area contributed by atoms with Gasteiger partial charge in [0, 0.05) is 13.1 Å².